The second-order valence-electron chi connectivity index (χ2n) is 9.50. The number of carbonyl (C=O) groups excluding carboxylic acids is 2. The number of anilines is 1. The summed E-state index contributed by atoms with van der Waals surface area (Å²) < 4.78 is 12.2. The third-order valence-electron chi connectivity index (χ3n) is 7.07. The first-order valence-corrected chi connectivity index (χ1v) is 11.7. The second kappa shape index (κ2) is 8.79. The summed E-state index contributed by atoms with van der Waals surface area (Å²) >= 11 is 0. The quantitative estimate of drug-likeness (QED) is 0.728. The monoisotopic (exact) mass is 428 g/mol. The molecule has 2 N–H and O–H groups in total. The van der Waals surface area contributed by atoms with Gasteiger partial charge in [-0.15, -0.1) is 0 Å². The number of likely N-dealkylation sites (tertiary alicyclic amines) is 1. The van der Waals surface area contributed by atoms with Gasteiger partial charge >= 0.3 is 0 Å². The van der Waals surface area contributed by atoms with Crippen LogP contribution in [0.25, 0.3) is 0 Å². The van der Waals surface area contributed by atoms with E-state index in [1.807, 2.05) is 23.1 Å². The van der Waals surface area contributed by atoms with Crippen LogP contribution in [0.1, 0.15) is 62.8 Å². The molecule has 0 aromatic heterocycles. The second-order valence-corrected chi connectivity index (χ2v) is 9.50. The van der Waals surface area contributed by atoms with E-state index in [2.05, 4.69) is 5.32 Å². The molecule has 0 radical (unpaired) electrons. The molecule has 4 aliphatic rings. The predicted molar refractivity (Wildman–Crippen MR) is 115 cm³/mol. The standard InChI is InChI=1S/C24H32N2O5/c27-14-21-24-19(12-17(30-21)13-23(29)26-8-2-1-3-9-26)18-11-16(6-7-20(18)31-24)25-22(28)10-15-4-5-15/h6-7,11,15,17,19,21,24,27H,1-5,8-10,12-14H2,(H,25,28)/t17-,19-,21-,24+/m1/s1. The van der Waals surface area contributed by atoms with Crippen LogP contribution < -0.4 is 10.1 Å². The number of fused-ring (bicyclic) bond motifs is 3. The molecule has 3 aliphatic heterocycles. The Hall–Kier alpha value is -2.12. The highest BCUT2D eigenvalue weighted by Crippen LogP contribution is 2.47. The molecule has 2 amide bonds. The van der Waals surface area contributed by atoms with Crippen LogP contribution in [-0.4, -0.2) is 59.8 Å². The summed E-state index contributed by atoms with van der Waals surface area (Å²) in [7, 11) is 0. The Morgan fingerprint density at radius 3 is 2.68 bits per heavy atom. The van der Waals surface area contributed by atoms with Crippen molar-refractivity contribution < 1.29 is 24.2 Å². The molecule has 7 heteroatoms. The van der Waals surface area contributed by atoms with E-state index in [1.54, 1.807) is 0 Å². The minimum atomic E-state index is -0.460. The van der Waals surface area contributed by atoms with Crippen molar-refractivity contribution in [2.75, 3.05) is 25.0 Å². The fraction of sp³-hybridized carbons (Fsp3) is 0.667. The number of nitrogens with zero attached hydrogens (tertiary/aromatic N) is 1. The van der Waals surface area contributed by atoms with Gasteiger partial charge in [-0.2, -0.15) is 0 Å². The molecule has 2 saturated heterocycles. The van der Waals surface area contributed by atoms with E-state index >= 15 is 0 Å². The zero-order valence-corrected chi connectivity index (χ0v) is 17.9. The maximum atomic E-state index is 12.8. The fourth-order valence-electron chi connectivity index (χ4n) is 5.23. The highest BCUT2D eigenvalue weighted by atomic mass is 16.6. The molecule has 7 nitrogen and oxygen atoms in total. The zero-order valence-electron chi connectivity index (χ0n) is 17.9. The summed E-state index contributed by atoms with van der Waals surface area (Å²) in [5.74, 6) is 1.56. The number of ether oxygens (including phenoxy) is 2. The van der Waals surface area contributed by atoms with Gasteiger partial charge < -0.3 is 24.8 Å². The van der Waals surface area contributed by atoms with Crippen molar-refractivity contribution in [1.29, 1.82) is 0 Å². The maximum absolute atomic E-state index is 12.8. The number of hydrogen-bond donors (Lipinski definition) is 2. The zero-order chi connectivity index (χ0) is 21.4. The largest absolute Gasteiger partial charge is 0.487 e. The number of aliphatic hydroxyl groups excluding tert-OH is 1. The van der Waals surface area contributed by atoms with Gasteiger partial charge in [-0.1, -0.05) is 0 Å². The van der Waals surface area contributed by atoms with E-state index in [9.17, 15) is 14.7 Å². The van der Waals surface area contributed by atoms with Crippen molar-refractivity contribution >= 4 is 17.5 Å². The Morgan fingerprint density at radius 1 is 1.13 bits per heavy atom. The number of aliphatic hydroxyl groups is 1. The van der Waals surface area contributed by atoms with Gasteiger partial charge in [0.2, 0.25) is 11.8 Å². The first-order chi connectivity index (χ1) is 15.1. The molecule has 31 heavy (non-hydrogen) atoms. The Bertz CT molecular complexity index is 833. The molecule has 4 atom stereocenters. The average Bonchev–Trinajstić information content (AvgIpc) is 3.52. The van der Waals surface area contributed by atoms with Gasteiger partial charge in [0.25, 0.3) is 0 Å². The number of piperidine rings is 1. The Balaban J connectivity index is 1.28. The summed E-state index contributed by atoms with van der Waals surface area (Å²) in [6.45, 7) is 1.52. The summed E-state index contributed by atoms with van der Waals surface area (Å²) in [6.07, 6.45) is 6.25. The lowest BCUT2D eigenvalue weighted by Crippen LogP contribution is -2.48. The topological polar surface area (TPSA) is 88.1 Å². The predicted octanol–water partition coefficient (Wildman–Crippen LogP) is 2.82. The summed E-state index contributed by atoms with van der Waals surface area (Å²) in [4.78, 5) is 26.9. The fourth-order valence-corrected chi connectivity index (χ4v) is 5.23. The van der Waals surface area contributed by atoms with Gasteiger partial charge in [0.15, 0.2) is 0 Å². The minimum absolute atomic E-state index is 0.0420. The molecule has 0 unspecified atom stereocenters. The van der Waals surface area contributed by atoms with Crippen LogP contribution in [0.2, 0.25) is 0 Å². The van der Waals surface area contributed by atoms with Crippen molar-refractivity contribution in [2.45, 2.75) is 75.6 Å². The first-order valence-electron chi connectivity index (χ1n) is 11.7. The average molecular weight is 429 g/mol. The van der Waals surface area contributed by atoms with Gasteiger partial charge in [0, 0.05) is 36.7 Å². The van der Waals surface area contributed by atoms with Gasteiger partial charge in [-0.25, -0.2) is 0 Å². The molecule has 1 aliphatic carbocycles. The molecule has 3 heterocycles. The Labute approximate surface area is 183 Å². The van der Waals surface area contributed by atoms with E-state index in [-0.39, 0.29) is 36.5 Å². The van der Waals surface area contributed by atoms with Crippen molar-refractivity contribution in [2.24, 2.45) is 5.92 Å². The van der Waals surface area contributed by atoms with Gasteiger partial charge in [0.05, 0.1) is 19.1 Å². The minimum Gasteiger partial charge on any atom is -0.487 e. The third-order valence-corrected chi connectivity index (χ3v) is 7.07. The van der Waals surface area contributed by atoms with Crippen molar-refractivity contribution in [1.82, 2.24) is 4.90 Å². The molecular formula is C24H32N2O5. The number of rotatable bonds is 6. The normalized spacial score (nSPS) is 29.6. The summed E-state index contributed by atoms with van der Waals surface area (Å²) in [5, 5.41) is 12.9. The van der Waals surface area contributed by atoms with E-state index in [1.165, 1.54) is 6.42 Å². The lowest BCUT2D eigenvalue weighted by molar-refractivity contribution is -0.149. The van der Waals surface area contributed by atoms with E-state index < -0.39 is 6.10 Å². The number of nitrogens with one attached hydrogen (secondary N) is 1. The lowest BCUT2D eigenvalue weighted by atomic mass is 9.84. The number of carbonyl (C=O) groups is 2. The van der Waals surface area contributed by atoms with E-state index in [0.717, 1.165) is 55.8 Å². The molecule has 1 saturated carbocycles. The summed E-state index contributed by atoms with van der Waals surface area (Å²) in [5.41, 5.74) is 1.81. The van der Waals surface area contributed by atoms with Crippen molar-refractivity contribution in [3.8, 4) is 5.75 Å². The molecule has 1 aromatic carbocycles. The third kappa shape index (κ3) is 4.58. The maximum Gasteiger partial charge on any atom is 0.225 e. The molecular weight excluding hydrogens is 396 g/mol. The smallest absolute Gasteiger partial charge is 0.225 e. The molecule has 0 bridgehead atoms. The first kappa shape index (κ1) is 20.8. The Kier molecular flexibility index (Phi) is 5.89. The molecule has 1 aromatic rings. The van der Waals surface area contributed by atoms with Gasteiger partial charge in [0.1, 0.15) is 18.0 Å². The van der Waals surface area contributed by atoms with Crippen molar-refractivity contribution in [3.05, 3.63) is 23.8 Å². The van der Waals surface area contributed by atoms with Gasteiger partial charge in [-0.05, 0) is 62.6 Å². The van der Waals surface area contributed by atoms with E-state index in [4.69, 9.17) is 9.47 Å². The molecule has 3 fully saturated rings. The number of benzene rings is 1. The van der Waals surface area contributed by atoms with Crippen molar-refractivity contribution in [3.63, 3.8) is 0 Å². The van der Waals surface area contributed by atoms with Gasteiger partial charge in [-0.3, -0.25) is 9.59 Å². The molecule has 5 rings (SSSR count). The van der Waals surface area contributed by atoms with Crippen LogP contribution >= 0.6 is 0 Å². The van der Waals surface area contributed by atoms with Crippen LogP contribution in [0.3, 0.4) is 0 Å². The van der Waals surface area contributed by atoms with E-state index in [0.29, 0.717) is 25.2 Å². The Morgan fingerprint density at radius 2 is 1.94 bits per heavy atom. The van der Waals surface area contributed by atoms with Crippen LogP contribution in [0.15, 0.2) is 18.2 Å². The SMILES string of the molecule is O=C(CC1CC1)Nc1ccc2c(c1)[C@H]1C[C@H](CC(=O)N3CCCCC3)O[C@H](CO)[C@H]1O2. The van der Waals surface area contributed by atoms with Crippen LogP contribution in [0, 0.1) is 5.92 Å². The highest BCUT2D eigenvalue weighted by Gasteiger charge is 2.46. The lowest BCUT2D eigenvalue weighted by Gasteiger charge is -2.38. The molecule has 168 valence electrons. The van der Waals surface area contributed by atoms with Crippen LogP contribution in [0.5, 0.6) is 5.75 Å². The number of hydrogen-bond acceptors (Lipinski definition) is 5. The highest BCUT2D eigenvalue weighted by molar-refractivity contribution is 5.91. The van der Waals surface area contributed by atoms with Crippen LogP contribution in [0.4, 0.5) is 5.69 Å². The molecule has 0 spiro atoms. The number of amides is 2. The summed E-state index contributed by atoms with van der Waals surface area (Å²) in [6, 6.07) is 5.75. The van der Waals surface area contributed by atoms with Crippen LogP contribution in [-0.2, 0) is 14.3 Å².